The molecule has 0 bridgehead atoms. The number of rotatable bonds is 5. The van der Waals surface area contributed by atoms with E-state index in [1.807, 2.05) is 18.5 Å². The molecule has 6 heteroatoms. The Morgan fingerprint density at radius 2 is 2.10 bits per heavy atom. The molecule has 2 aromatic heterocycles. The predicted molar refractivity (Wildman–Crippen MR) is 120 cm³/mol. The molecular formula is C24H25N5O. The third-order valence-corrected chi connectivity index (χ3v) is 5.94. The first-order chi connectivity index (χ1) is 14.6. The highest BCUT2D eigenvalue weighted by molar-refractivity contribution is 5.97. The topological polar surface area (TPSA) is 79.3 Å². The zero-order valence-electron chi connectivity index (χ0n) is 17.3. The summed E-state index contributed by atoms with van der Waals surface area (Å²) in [6.07, 6.45) is 6.67. The molecule has 0 saturated heterocycles. The van der Waals surface area contributed by atoms with Gasteiger partial charge in [0.25, 0.3) is 0 Å². The Bertz CT molecular complexity index is 1170. The van der Waals surface area contributed by atoms with Crippen molar-refractivity contribution in [2.75, 3.05) is 11.9 Å². The normalized spacial score (nSPS) is 17.9. The summed E-state index contributed by atoms with van der Waals surface area (Å²) in [5.74, 6) is 0.866. The molecule has 1 aromatic carbocycles. The predicted octanol–water partition coefficient (Wildman–Crippen LogP) is 4.19. The molecule has 6 nitrogen and oxygen atoms in total. The lowest BCUT2D eigenvalue weighted by Crippen LogP contribution is -2.15. The average molecular weight is 399 g/mol. The summed E-state index contributed by atoms with van der Waals surface area (Å²) < 4.78 is 0. The number of carbonyl (C=O) groups excluding carboxylic acids is 1. The number of hydrogen-bond donors (Lipinski definition) is 2. The van der Waals surface area contributed by atoms with Crippen LogP contribution in [0.15, 0.2) is 41.6 Å². The fourth-order valence-corrected chi connectivity index (χ4v) is 3.91. The van der Waals surface area contributed by atoms with Gasteiger partial charge in [0, 0.05) is 41.2 Å². The van der Waals surface area contributed by atoms with Crippen LogP contribution in [0.3, 0.4) is 0 Å². The maximum absolute atomic E-state index is 12.2. The second-order valence-corrected chi connectivity index (χ2v) is 8.20. The Kier molecular flexibility index (Phi) is 4.69. The number of hydrogen-bond acceptors (Lipinski definition) is 5. The lowest BCUT2D eigenvalue weighted by atomic mass is 9.96. The Labute approximate surface area is 175 Å². The van der Waals surface area contributed by atoms with Crippen molar-refractivity contribution in [3.8, 4) is 11.3 Å². The summed E-state index contributed by atoms with van der Waals surface area (Å²) in [5, 5.41) is 9.17. The number of carbonyl (C=O) groups is 1. The molecule has 1 fully saturated rings. The number of anilines is 1. The monoisotopic (exact) mass is 399 g/mol. The first-order valence-corrected chi connectivity index (χ1v) is 10.6. The van der Waals surface area contributed by atoms with Gasteiger partial charge in [-0.3, -0.25) is 9.78 Å². The fourth-order valence-electron chi connectivity index (χ4n) is 3.91. The van der Waals surface area contributed by atoms with Crippen molar-refractivity contribution >= 4 is 28.7 Å². The van der Waals surface area contributed by atoms with Crippen molar-refractivity contribution in [1.29, 1.82) is 0 Å². The molecule has 0 radical (unpaired) electrons. The van der Waals surface area contributed by atoms with E-state index in [-0.39, 0.29) is 17.7 Å². The maximum Gasteiger partial charge on any atom is 0.228 e. The summed E-state index contributed by atoms with van der Waals surface area (Å²) in [7, 11) is 0. The number of hydrazone groups is 1. The molecule has 1 amide bonds. The molecule has 1 aliphatic heterocycles. The minimum absolute atomic E-state index is 0.0593. The molecule has 1 unspecified atom stereocenters. The van der Waals surface area contributed by atoms with Crippen molar-refractivity contribution in [3.63, 3.8) is 0 Å². The van der Waals surface area contributed by atoms with Gasteiger partial charge in [-0.2, -0.15) is 5.10 Å². The van der Waals surface area contributed by atoms with E-state index in [2.05, 4.69) is 58.9 Å². The highest BCUT2D eigenvalue weighted by atomic mass is 16.2. The van der Waals surface area contributed by atoms with E-state index in [1.54, 1.807) is 0 Å². The zero-order chi connectivity index (χ0) is 20.7. The van der Waals surface area contributed by atoms with E-state index in [1.165, 1.54) is 11.1 Å². The van der Waals surface area contributed by atoms with Gasteiger partial charge in [-0.1, -0.05) is 19.1 Å². The van der Waals surface area contributed by atoms with Gasteiger partial charge < -0.3 is 10.7 Å². The van der Waals surface area contributed by atoms with Crippen molar-refractivity contribution in [2.24, 2.45) is 11.0 Å². The molecule has 1 aliphatic carbocycles. The molecule has 1 saturated carbocycles. The van der Waals surface area contributed by atoms with Gasteiger partial charge in [-0.25, -0.2) is 4.98 Å². The highest BCUT2D eigenvalue weighted by Crippen LogP contribution is 2.33. The number of pyridine rings is 2. The largest absolute Gasteiger partial charge is 0.310 e. The number of nitrogens with zero attached hydrogens (tertiary/aromatic N) is 3. The van der Waals surface area contributed by atoms with Crippen molar-refractivity contribution in [3.05, 3.63) is 53.3 Å². The summed E-state index contributed by atoms with van der Waals surface area (Å²) in [6, 6.07) is 10.6. The minimum Gasteiger partial charge on any atom is -0.310 e. The van der Waals surface area contributed by atoms with Crippen molar-refractivity contribution < 1.29 is 4.79 Å². The summed E-state index contributed by atoms with van der Waals surface area (Å²) in [6.45, 7) is 5.00. The minimum atomic E-state index is 0.0593. The number of amides is 1. The van der Waals surface area contributed by atoms with E-state index >= 15 is 0 Å². The van der Waals surface area contributed by atoms with Gasteiger partial charge in [0.05, 0.1) is 17.3 Å². The molecule has 5 rings (SSSR count). The molecular weight excluding hydrogens is 374 g/mol. The average Bonchev–Trinajstić information content (AvgIpc) is 3.48. The first-order valence-electron chi connectivity index (χ1n) is 10.6. The number of aryl methyl sites for hydroxylation is 2. The molecule has 3 heterocycles. The molecule has 30 heavy (non-hydrogen) atoms. The third kappa shape index (κ3) is 3.54. The van der Waals surface area contributed by atoms with Crippen LogP contribution in [0.5, 0.6) is 0 Å². The Balaban J connectivity index is 1.63. The second-order valence-electron chi connectivity index (χ2n) is 8.20. The van der Waals surface area contributed by atoms with Crippen LogP contribution in [0.1, 0.15) is 42.5 Å². The lowest BCUT2D eigenvalue weighted by molar-refractivity contribution is -0.117. The number of nitrogens with one attached hydrogen (secondary N) is 2. The van der Waals surface area contributed by atoms with Crippen LogP contribution in [-0.2, 0) is 11.2 Å². The Hall–Kier alpha value is -3.28. The van der Waals surface area contributed by atoms with Gasteiger partial charge in [0.15, 0.2) is 0 Å². The van der Waals surface area contributed by atoms with Gasteiger partial charge in [0.2, 0.25) is 5.91 Å². The Morgan fingerprint density at radius 1 is 1.23 bits per heavy atom. The van der Waals surface area contributed by atoms with Gasteiger partial charge in [-0.05, 0) is 55.5 Å². The second kappa shape index (κ2) is 7.52. The molecule has 2 aliphatic rings. The Morgan fingerprint density at radius 3 is 2.83 bits per heavy atom. The summed E-state index contributed by atoms with van der Waals surface area (Å²) >= 11 is 0. The molecule has 0 spiro atoms. The SMILES string of the molecule is CCc1ccc(C)c(-c2cc3cnc(NC(=O)C4CC4)cc3c(C3C=NNC3)n2)c1. The quantitative estimate of drug-likeness (QED) is 0.674. The van der Waals surface area contributed by atoms with E-state index in [9.17, 15) is 4.79 Å². The van der Waals surface area contributed by atoms with Gasteiger partial charge in [-0.15, -0.1) is 0 Å². The molecule has 2 N–H and O–H groups in total. The molecule has 152 valence electrons. The standard InChI is InChI=1S/C24H25N5O/c1-3-15-5-4-14(2)19(8-15)21-9-17-11-25-22(29-24(30)16-6-7-16)10-20(17)23(28-21)18-12-26-27-13-18/h4-5,8-12,16,18,27H,3,6-7,13H2,1-2H3,(H,25,29,30). The number of aromatic nitrogens is 2. The van der Waals surface area contributed by atoms with Crippen LogP contribution >= 0.6 is 0 Å². The van der Waals surface area contributed by atoms with Crippen LogP contribution in [0, 0.1) is 12.8 Å². The van der Waals surface area contributed by atoms with E-state index in [0.29, 0.717) is 12.4 Å². The first kappa shape index (κ1) is 18.7. The molecule has 1 atom stereocenters. The van der Waals surface area contributed by atoms with Crippen molar-refractivity contribution in [2.45, 2.75) is 39.0 Å². The maximum atomic E-state index is 12.2. The number of benzene rings is 1. The van der Waals surface area contributed by atoms with Crippen molar-refractivity contribution in [1.82, 2.24) is 15.4 Å². The lowest BCUT2D eigenvalue weighted by Gasteiger charge is -2.15. The van der Waals surface area contributed by atoms with Crippen LogP contribution in [0.2, 0.25) is 0 Å². The number of fused-ring (bicyclic) bond motifs is 1. The smallest absolute Gasteiger partial charge is 0.228 e. The van der Waals surface area contributed by atoms with Gasteiger partial charge in [0.1, 0.15) is 5.82 Å². The summed E-state index contributed by atoms with van der Waals surface area (Å²) in [4.78, 5) is 21.8. The van der Waals surface area contributed by atoms with Crippen LogP contribution in [-0.4, -0.2) is 28.6 Å². The third-order valence-electron chi connectivity index (χ3n) is 5.94. The van der Waals surface area contributed by atoms with E-state index in [4.69, 9.17) is 4.98 Å². The van der Waals surface area contributed by atoms with Gasteiger partial charge >= 0.3 is 0 Å². The van der Waals surface area contributed by atoms with Crippen LogP contribution in [0.4, 0.5) is 5.82 Å². The fraction of sp³-hybridized carbons (Fsp3) is 0.333. The summed E-state index contributed by atoms with van der Waals surface area (Å²) in [5.41, 5.74) is 8.58. The van der Waals surface area contributed by atoms with E-state index in [0.717, 1.165) is 47.0 Å². The van der Waals surface area contributed by atoms with Crippen LogP contribution < -0.4 is 10.7 Å². The zero-order valence-corrected chi connectivity index (χ0v) is 17.3. The molecule has 3 aromatic rings. The van der Waals surface area contributed by atoms with Crippen LogP contribution in [0.25, 0.3) is 22.0 Å². The highest BCUT2D eigenvalue weighted by Gasteiger charge is 2.30. The van der Waals surface area contributed by atoms with E-state index < -0.39 is 0 Å².